The number of thioether (sulfide) groups is 1. The van der Waals surface area contributed by atoms with Crippen molar-refractivity contribution in [3.8, 4) is 0 Å². The Morgan fingerprint density at radius 3 is 3.40 bits per heavy atom. The summed E-state index contributed by atoms with van der Waals surface area (Å²) in [6, 6.07) is 0. The van der Waals surface area contributed by atoms with Crippen molar-refractivity contribution in [3.05, 3.63) is 11.6 Å². The molecule has 4 nitrogen and oxygen atoms in total. The summed E-state index contributed by atoms with van der Waals surface area (Å²) in [5, 5.41) is 5.97. The molecule has 2 rings (SSSR count). The number of rotatable bonds is 0. The maximum Gasteiger partial charge on any atom is 0.160 e. The van der Waals surface area contributed by atoms with Gasteiger partial charge in [-0.05, 0) is 5.41 Å². The van der Waals surface area contributed by atoms with Gasteiger partial charge in [-0.3, -0.25) is 4.84 Å². The van der Waals surface area contributed by atoms with E-state index in [1.54, 1.807) is 11.8 Å². The quantitative estimate of drug-likeness (QED) is 0.549. The standard InChI is InChI=1S/C5H7N3OS/c1-2-10-4-8(1)5-3-9-7-6-5/h1-2,7H,3-4H2. The van der Waals surface area contributed by atoms with Crippen LogP contribution < -0.4 is 5.59 Å². The lowest BCUT2D eigenvalue weighted by Crippen LogP contribution is -2.23. The van der Waals surface area contributed by atoms with Gasteiger partial charge in [0.1, 0.15) is 6.61 Å². The van der Waals surface area contributed by atoms with Crippen LogP contribution in [0.5, 0.6) is 0 Å². The van der Waals surface area contributed by atoms with Crippen LogP contribution in [0.3, 0.4) is 0 Å². The number of hydrogen-bond donors (Lipinski definition) is 1. The maximum atomic E-state index is 4.83. The van der Waals surface area contributed by atoms with Crippen molar-refractivity contribution in [2.45, 2.75) is 0 Å². The van der Waals surface area contributed by atoms with Crippen molar-refractivity contribution in [1.82, 2.24) is 10.5 Å². The molecule has 0 radical (unpaired) electrons. The van der Waals surface area contributed by atoms with Crippen LogP contribution in [0.2, 0.25) is 0 Å². The van der Waals surface area contributed by atoms with Crippen LogP contribution in [0.4, 0.5) is 0 Å². The summed E-state index contributed by atoms with van der Waals surface area (Å²) in [6.07, 6.45) is 2.00. The summed E-state index contributed by atoms with van der Waals surface area (Å²) in [5.41, 5.74) is 2.45. The number of hydrogen-bond acceptors (Lipinski definition) is 5. The topological polar surface area (TPSA) is 36.9 Å². The lowest BCUT2D eigenvalue weighted by Gasteiger charge is -2.10. The third kappa shape index (κ3) is 0.975. The van der Waals surface area contributed by atoms with E-state index in [0.29, 0.717) is 6.61 Å². The average molecular weight is 157 g/mol. The van der Waals surface area contributed by atoms with Crippen molar-refractivity contribution < 1.29 is 4.84 Å². The zero-order valence-corrected chi connectivity index (χ0v) is 6.10. The summed E-state index contributed by atoms with van der Waals surface area (Å²) in [5.74, 6) is 1.89. The first-order valence-electron chi connectivity index (χ1n) is 2.95. The molecule has 1 N–H and O–H groups in total. The highest BCUT2D eigenvalue weighted by molar-refractivity contribution is 8.02. The fraction of sp³-hybridized carbons (Fsp3) is 0.400. The Bertz CT molecular complexity index is 191. The van der Waals surface area contributed by atoms with E-state index in [9.17, 15) is 0 Å². The summed E-state index contributed by atoms with van der Waals surface area (Å²) >= 11 is 1.75. The smallest absolute Gasteiger partial charge is 0.160 e. The lowest BCUT2D eigenvalue weighted by molar-refractivity contribution is 0.0932. The highest BCUT2D eigenvalue weighted by atomic mass is 32.2. The Morgan fingerprint density at radius 2 is 2.80 bits per heavy atom. The molecule has 0 atom stereocenters. The van der Waals surface area contributed by atoms with E-state index in [1.165, 1.54) is 0 Å². The molecule has 0 spiro atoms. The first-order valence-corrected chi connectivity index (χ1v) is 4.00. The minimum absolute atomic E-state index is 0.560. The second kappa shape index (κ2) is 2.51. The van der Waals surface area contributed by atoms with Gasteiger partial charge in [-0.15, -0.1) is 16.9 Å². The molecule has 0 unspecified atom stereocenters. The van der Waals surface area contributed by atoms with E-state index >= 15 is 0 Å². The molecule has 0 aromatic rings. The van der Waals surface area contributed by atoms with Gasteiger partial charge in [0, 0.05) is 6.20 Å². The van der Waals surface area contributed by atoms with E-state index < -0.39 is 0 Å². The van der Waals surface area contributed by atoms with Crippen LogP contribution in [0.25, 0.3) is 0 Å². The second-order valence-electron chi connectivity index (χ2n) is 1.96. The monoisotopic (exact) mass is 157 g/mol. The molecule has 0 bridgehead atoms. The Labute approximate surface area is 62.9 Å². The molecular formula is C5H7N3OS. The predicted octanol–water partition coefficient (Wildman–Crippen LogP) is 0.312. The van der Waals surface area contributed by atoms with Gasteiger partial charge in [0.15, 0.2) is 5.84 Å². The zero-order valence-electron chi connectivity index (χ0n) is 5.28. The van der Waals surface area contributed by atoms with Crippen LogP contribution in [0.15, 0.2) is 16.7 Å². The Balaban J connectivity index is 2.04. The summed E-state index contributed by atoms with van der Waals surface area (Å²) in [6.45, 7) is 0.560. The molecule has 0 saturated carbocycles. The normalized spacial score (nSPS) is 23.2. The van der Waals surface area contributed by atoms with Crippen molar-refractivity contribution in [2.24, 2.45) is 5.10 Å². The van der Waals surface area contributed by atoms with Gasteiger partial charge in [0.25, 0.3) is 0 Å². The largest absolute Gasteiger partial charge is 0.322 e. The predicted molar refractivity (Wildman–Crippen MR) is 40.0 cm³/mol. The molecule has 0 aliphatic carbocycles. The Kier molecular flexibility index (Phi) is 1.52. The van der Waals surface area contributed by atoms with Gasteiger partial charge in [-0.1, -0.05) is 0 Å². The first-order chi connectivity index (χ1) is 4.97. The molecule has 0 aromatic heterocycles. The highest BCUT2D eigenvalue weighted by Gasteiger charge is 2.15. The molecule has 10 heavy (non-hydrogen) atoms. The molecule has 0 amide bonds. The molecule has 2 heterocycles. The van der Waals surface area contributed by atoms with Gasteiger partial charge >= 0.3 is 0 Å². The Morgan fingerprint density at radius 1 is 1.80 bits per heavy atom. The molecule has 5 heteroatoms. The number of nitrogens with zero attached hydrogens (tertiary/aromatic N) is 2. The van der Waals surface area contributed by atoms with Crippen LogP contribution in [0, 0.1) is 0 Å². The Hall–Kier alpha value is -0.680. The summed E-state index contributed by atoms with van der Waals surface area (Å²) < 4.78 is 0. The number of hydrazone groups is 1. The van der Waals surface area contributed by atoms with Crippen molar-refractivity contribution >= 4 is 17.6 Å². The average Bonchev–Trinajstić information content (AvgIpc) is 2.59. The van der Waals surface area contributed by atoms with E-state index in [0.717, 1.165) is 11.7 Å². The first kappa shape index (κ1) is 6.06. The number of nitrogens with one attached hydrogen (secondary N) is 1. The van der Waals surface area contributed by atoms with Crippen molar-refractivity contribution in [2.75, 3.05) is 12.5 Å². The molecule has 0 saturated heterocycles. The van der Waals surface area contributed by atoms with E-state index in [4.69, 9.17) is 4.84 Å². The third-order valence-electron chi connectivity index (χ3n) is 1.32. The minimum Gasteiger partial charge on any atom is -0.322 e. The SMILES string of the molecule is C1=CN(C2=NNOC2)CS1. The number of amidine groups is 1. The molecule has 54 valence electrons. The van der Waals surface area contributed by atoms with Gasteiger partial charge in [-0.25, -0.2) is 0 Å². The van der Waals surface area contributed by atoms with Crippen LogP contribution in [-0.4, -0.2) is 23.2 Å². The van der Waals surface area contributed by atoms with Crippen LogP contribution in [0.1, 0.15) is 0 Å². The molecule has 2 aliphatic rings. The van der Waals surface area contributed by atoms with Gasteiger partial charge in [0.2, 0.25) is 0 Å². The zero-order chi connectivity index (χ0) is 6.81. The lowest BCUT2D eigenvalue weighted by atomic mass is 10.6. The van der Waals surface area contributed by atoms with Gasteiger partial charge in [-0.2, -0.15) is 5.59 Å². The summed E-state index contributed by atoms with van der Waals surface area (Å²) in [7, 11) is 0. The van der Waals surface area contributed by atoms with Crippen molar-refractivity contribution in [3.63, 3.8) is 0 Å². The van der Waals surface area contributed by atoms with E-state index in [2.05, 4.69) is 10.7 Å². The second-order valence-corrected chi connectivity index (χ2v) is 2.82. The molecular weight excluding hydrogens is 150 g/mol. The van der Waals surface area contributed by atoms with Gasteiger partial charge < -0.3 is 4.90 Å². The fourth-order valence-corrected chi connectivity index (χ4v) is 1.52. The van der Waals surface area contributed by atoms with Crippen molar-refractivity contribution in [1.29, 1.82) is 0 Å². The van der Waals surface area contributed by atoms with E-state index in [1.807, 2.05) is 16.5 Å². The highest BCUT2D eigenvalue weighted by Crippen LogP contribution is 2.16. The van der Waals surface area contributed by atoms with Crippen LogP contribution >= 0.6 is 11.8 Å². The minimum atomic E-state index is 0.560. The van der Waals surface area contributed by atoms with E-state index in [-0.39, 0.29) is 0 Å². The molecule has 2 aliphatic heterocycles. The molecule has 0 aromatic carbocycles. The summed E-state index contributed by atoms with van der Waals surface area (Å²) in [4.78, 5) is 6.88. The van der Waals surface area contributed by atoms with Gasteiger partial charge in [0.05, 0.1) is 5.88 Å². The van der Waals surface area contributed by atoms with Crippen LogP contribution in [-0.2, 0) is 4.84 Å². The fourth-order valence-electron chi connectivity index (χ4n) is 0.805. The molecule has 0 fully saturated rings. The third-order valence-corrected chi connectivity index (χ3v) is 2.06. The maximum absolute atomic E-state index is 4.83.